The summed E-state index contributed by atoms with van der Waals surface area (Å²) < 4.78 is 0. The molecule has 1 aliphatic rings. The van der Waals surface area contributed by atoms with Crippen LogP contribution in [0.2, 0.25) is 0 Å². The molecule has 0 aromatic carbocycles. The molecule has 0 aliphatic heterocycles. The molecular formula is C10H19N3OS. The molecule has 1 amide bonds. The third-order valence-corrected chi connectivity index (χ3v) is 2.70. The Kier molecular flexibility index (Phi) is 5.39. The van der Waals surface area contributed by atoms with Crippen LogP contribution in [0.4, 0.5) is 0 Å². The molecule has 0 saturated heterocycles. The highest BCUT2D eigenvalue weighted by molar-refractivity contribution is 7.80. The first kappa shape index (κ1) is 12.2. The van der Waals surface area contributed by atoms with Gasteiger partial charge in [0.05, 0.1) is 0 Å². The quantitative estimate of drug-likeness (QED) is 0.503. The highest BCUT2D eigenvalue weighted by Crippen LogP contribution is 2.17. The van der Waals surface area contributed by atoms with Crippen molar-refractivity contribution in [2.75, 3.05) is 0 Å². The molecule has 5 heteroatoms. The van der Waals surface area contributed by atoms with Crippen LogP contribution < -0.4 is 16.2 Å². The van der Waals surface area contributed by atoms with E-state index >= 15 is 0 Å². The van der Waals surface area contributed by atoms with Gasteiger partial charge in [-0.3, -0.25) is 15.6 Å². The minimum Gasteiger partial charge on any atom is -0.359 e. The molecule has 3 N–H and O–H groups in total. The van der Waals surface area contributed by atoms with Crippen LogP contribution in [0.3, 0.4) is 0 Å². The number of amides is 1. The third kappa shape index (κ3) is 4.97. The van der Waals surface area contributed by atoms with Crippen molar-refractivity contribution < 1.29 is 4.79 Å². The summed E-state index contributed by atoms with van der Waals surface area (Å²) in [4.78, 5) is 11.1. The standard InChI is InChI=1S/C10H19N3OS/c1-2-5-9(14)12-13-10(15)11-8-6-3-4-7-8/h8H,2-7H2,1H3,(H,12,14)(H2,11,13,15). The Morgan fingerprint density at radius 3 is 2.60 bits per heavy atom. The Bertz CT molecular complexity index is 227. The van der Waals surface area contributed by atoms with Crippen molar-refractivity contribution in [1.29, 1.82) is 0 Å². The Balaban J connectivity index is 2.10. The number of hydrogen-bond donors (Lipinski definition) is 3. The van der Waals surface area contributed by atoms with Crippen molar-refractivity contribution in [1.82, 2.24) is 16.2 Å². The van der Waals surface area contributed by atoms with E-state index in [0.717, 1.165) is 6.42 Å². The number of hydrogen-bond acceptors (Lipinski definition) is 2. The lowest BCUT2D eigenvalue weighted by atomic mass is 10.3. The predicted molar refractivity (Wildman–Crippen MR) is 64.2 cm³/mol. The average molecular weight is 229 g/mol. The Labute approximate surface area is 96.2 Å². The molecule has 0 radical (unpaired) electrons. The molecule has 0 aromatic rings. The van der Waals surface area contributed by atoms with Gasteiger partial charge in [0.2, 0.25) is 5.91 Å². The van der Waals surface area contributed by atoms with E-state index in [2.05, 4.69) is 16.2 Å². The van der Waals surface area contributed by atoms with Crippen LogP contribution >= 0.6 is 12.2 Å². The second kappa shape index (κ2) is 6.61. The minimum absolute atomic E-state index is 0.0203. The van der Waals surface area contributed by atoms with E-state index in [1.807, 2.05) is 6.92 Å². The van der Waals surface area contributed by atoms with Crippen molar-refractivity contribution in [2.24, 2.45) is 0 Å². The Morgan fingerprint density at radius 2 is 2.00 bits per heavy atom. The number of rotatable bonds is 3. The van der Waals surface area contributed by atoms with Crippen LogP contribution in [-0.2, 0) is 4.79 Å². The molecule has 0 bridgehead atoms. The largest absolute Gasteiger partial charge is 0.359 e. The third-order valence-electron chi connectivity index (χ3n) is 2.48. The molecule has 15 heavy (non-hydrogen) atoms. The molecule has 0 spiro atoms. The minimum atomic E-state index is -0.0203. The summed E-state index contributed by atoms with van der Waals surface area (Å²) in [5, 5.41) is 3.70. The summed E-state index contributed by atoms with van der Waals surface area (Å²) in [7, 11) is 0. The van der Waals surface area contributed by atoms with Gasteiger partial charge in [0.25, 0.3) is 0 Å². The number of nitrogens with one attached hydrogen (secondary N) is 3. The molecule has 0 atom stereocenters. The molecule has 1 aliphatic carbocycles. The molecule has 4 nitrogen and oxygen atoms in total. The summed E-state index contributed by atoms with van der Waals surface area (Å²) in [6.45, 7) is 1.97. The SMILES string of the molecule is CCCC(=O)NNC(=S)NC1CCCC1. The highest BCUT2D eigenvalue weighted by Gasteiger charge is 2.15. The van der Waals surface area contributed by atoms with Crippen LogP contribution in [0.1, 0.15) is 45.4 Å². The highest BCUT2D eigenvalue weighted by atomic mass is 32.1. The summed E-state index contributed by atoms with van der Waals surface area (Å²) in [5.41, 5.74) is 5.28. The molecule has 1 fully saturated rings. The topological polar surface area (TPSA) is 53.2 Å². The van der Waals surface area contributed by atoms with Gasteiger partial charge in [-0.2, -0.15) is 0 Å². The number of hydrazine groups is 1. The summed E-state index contributed by atoms with van der Waals surface area (Å²) in [5.74, 6) is -0.0203. The second-order valence-electron chi connectivity index (χ2n) is 3.88. The maximum Gasteiger partial charge on any atom is 0.238 e. The van der Waals surface area contributed by atoms with Gasteiger partial charge in [-0.15, -0.1) is 0 Å². The fraction of sp³-hybridized carbons (Fsp3) is 0.800. The molecular weight excluding hydrogens is 210 g/mol. The fourth-order valence-electron chi connectivity index (χ4n) is 1.71. The van der Waals surface area contributed by atoms with Gasteiger partial charge >= 0.3 is 0 Å². The number of carbonyl (C=O) groups is 1. The lowest BCUT2D eigenvalue weighted by Crippen LogP contribution is -2.49. The first-order valence-corrected chi connectivity index (χ1v) is 5.98. The van der Waals surface area contributed by atoms with Crippen molar-refractivity contribution in [3.05, 3.63) is 0 Å². The van der Waals surface area contributed by atoms with Crippen molar-refractivity contribution in [3.63, 3.8) is 0 Å². The van der Waals surface area contributed by atoms with Crippen LogP contribution in [0.25, 0.3) is 0 Å². The molecule has 86 valence electrons. The van der Waals surface area contributed by atoms with Crippen LogP contribution in [0.5, 0.6) is 0 Å². The zero-order chi connectivity index (χ0) is 11.1. The number of carbonyl (C=O) groups excluding carboxylic acids is 1. The van der Waals surface area contributed by atoms with E-state index in [1.165, 1.54) is 25.7 Å². The van der Waals surface area contributed by atoms with E-state index in [0.29, 0.717) is 17.6 Å². The average Bonchev–Trinajstić information content (AvgIpc) is 2.68. The van der Waals surface area contributed by atoms with Crippen LogP contribution in [0.15, 0.2) is 0 Å². The lowest BCUT2D eigenvalue weighted by Gasteiger charge is -2.15. The second-order valence-corrected chi connectivity index (χ2v) is 4.29. The Hall–Kier alpha value is -0.840. The molecule has 0 aromatic heterocycles. The van der Waals surface area contributed by atoms with Crippen molar-refractivity contribution in [2.45, 2.75) is 51.5 Å². The van der Waals surface area contributed by atoms with Crippen molar-refractivity contribution in [3.8, 4) is 0 Å². The smallest absolute Gasteiger partial charge is 0.238 e. The first-order chi connectivity index (χ1) is 7.22. The van der Waals surface area contributed by atoms with Crippen molar-refractivity contribution >= 4 is 23.2 Å². The van der Waals surface area contributed by atoms with E-state index < -0.39 is 0 Å². The summed E-state index contributed by atoms with van der Waals surface area (Å²) in [6, 6.07) is 0.480. The molecule has 0 heterocycles. The van der Waals surface area contributed by atoms with Gasteiger partial charge in [-0.1, -0.05) is 19.8 Å². The van der Waals surface area contributed by atoms with Gasteiger partial charge in [0.1, 0.15) is 0 Å². The predicted octanol–water partition coefficient (Wildman–Crippen LogP) is 1.22. The number of thiocarbonyl (C=S) groups is 1. The first-order valence-electron chi connectivity index (χ1n) is 5.57. The van der Waals surface area contributed by atoms with Gasteiger partial charge in [0.15, 0.2) is 5.11 Å². The fourth-order valence-corrected chi connectivity index (χ4v) is 1.93. The van der Waals surface area contributed by atoms with E-state index in [1.54, 1.807) is 0 Å². The Morgan fingerprint density at radius 1 is 1.33 bits per heavy atom. The maximum atomic E-state index is 11.1. The van der Waals surface area contributed by atoms with Gasteiger partial charge in [-0.25, -0.2) is 0 Å². The normalized spacial score (nSPS) is 16.1. The molecule has 1 saturated carbocycles. The monoisotopic (exact) mass is 229 g/mol. The summed E-state index contributed by atoms with van der Waals surface area (Å²) in [6.07, 6.45) is 6.25. The molecule has 0 unspecified atom stereocenters. The lowest BCUT2D eigenvalue weighted by molar-refractivity contribution is -0.121. The van der Waals surface area contributed by atoms with Gasteiger partial charge in [-0.05, 0) is 31.5 Å². The van der Waals surface area contributed by atoms with Gasteiger partial charge < -0.3 is 5.32 Å². The van der Waals surface area contributed by atoms with E-state index in [-0.39, 0.29) is 5.91 Å². The maximum absolute atomic E-state index is 11.1. The van der Waals surface area contributed by atoms with E-state index in [4.69, 9.17) is 12.2 Å². The summed E-state index contributed by atoms with van der Waals surface area (Å²) >= 11 is 5.06. The van der Waals surface area contributed by atoms with Crippen LogP contribution in [-0.4, -0.2) is 17.1 Å². The molecule has 1 rings (SSSR count). The zero-order valence-corrected chi connectivity index (χ0v) is 9.95. The van der Waals surface area contributed by atoms with E-state index in [9.17, 15) is 4.79 Å². The zero-order valence-electron chi connectivity index (χ0n) is 9.14. The van der Waals surface area contributed by atoms with Gasteiger partial charge in [0, 0.05) is 12.5 Å². The van der Waals surface area contributed by atoms with Crippen LogP contribution in [0, 0.1) is 0 Å².